The van der Waals surface area contributed by atoms with Crippen molar-refractivity contribution in [3.63, 3.8) is 0 Å². The molecule has 68 valence electrons. The van der Waals surface area contributed by atoms with Crippen LogP contribution in [0.15, 0.2) is 0 Å². The van der Waals surface area contributed by atoms with Crippen molar-refractivity contribution in [3.8, 4) is 6.07 Å². The summed E-state index contributed by atoms with van der Waals surface area (Å²) in [5.74, 6) is -0.184. The number of nitrogens with one attached hydrogen (secondary N) is 1. The van der Waals surface area contributed by atoms with Gasteiger partial charge in [-0.1, -0.05) is 0 Å². The van der Waals surface area contributed by atoms with E-state index < -0.39 is 0 Å². The Bertz CT molecular complexity index is 172. The topological polar surface area (TPSA) is 56.1 Å². The first kappa shape index (κ1) is 10.9. The predicted octanol–water partition coefficient (Wildman–Crippen LogP) is -0.0320. The van der Waals surface area contributed by atoms with E-state index in [0.717, 1.165) is 13.0 Å². The van der Waals surface area contributed by atoms with Crippen molar-refractivity contribution in [2.24, 2.45) is 0 Å². The van der Waals surface area contributed by atoms with Crippen LogP contribution in [0.3, 0.4) is 0 Å². The second-order valence-corrected chi connectivity index (χ2v) is 2.84. The molecule has 0 aliphatic carbocycles. The Morgan fingerprint density at radius 1 is 1.58 bits per heavy atom. The fraction of sp³-hybridized carbons (Fsp3) is 0.750. The van der Waals surface area contributed by atoms with Gasteiger partial charge in [0.2, 0.25) is 5.91 Å². The van der Waals surface area contributed by atoms with Crippen LogP contribution in [0.25, 0.3) is 0 Å². The predicted molar refractivity (Wildman–Crippen MR) is 46.4 cm³/mol. The van der Waals surface area contributed by atoms with Crippen LogP contribution in [0.2, 0.25) is 0 Å². The van der Waals surface area contributed by atoms with Crippen LogP contribution in [0, 0.1) is 11.3 Å². The first-order chi connectivity index (χ1) is 5.66. The Hall–Kier alpha value is -1.08. The molecule has 0 heterocycles. The number of carbonyl (C=O) groups is 1. The van der Waals surface area contributed by atoms with E-state index in [1.54, 1.807) is 6.07 Å². The van der Waals surface area contributed by atoms with E-state index in [4.69, 9.17) is 5.26 Å². The summed E-state index contributed by atoms with van der Waals surface area (Å²) in [5, 5.41) is 10.8. The lowest BCUT2D eigenvalue weighted by molar-refractivity contribution is -0.120. The third-order valence-electron chi connectivity index (χ3n) is 1.34. The number of nitrogens with zero attached hydrogens (tertiary/aromatic N) is 2. The zero-order chi connectivity index (χ0) is 9.40. The fourth-order valence-electron chi connectivity index (χ4n) is 0.757. The highest BCUT2D eigenvalue weighted by atomic mass is 16.1. The quantitative estimate of drug-likeness (QED) is 0.588. The maximum atomic E-state index is 10.7. The van der Waals surface area contributed by atoms with Gasteiger partial charge in [0.25, 0.3) is 0 Å². The van der Waals surface area contributed by atoms with Crippen molar-refractivity contribution in [1.29, 1.82) is 5.26 Å². The normalized spacial score (nSPS) is 9.50. The fourth-order valence-corrected chi connectivity index (χ4v) is 0.757. The van der Waals surface area contributed by atoms with Gasteiger partial charge in [0.1, 0.15) is 6.42 Å². The van der Waals surface area contributed by atoms with Crippen LogP contribution in [-0.4, -0.2) is 38.0 Å². The highest BCUT2D eigenvalue weighted by Crippen LogP contribution is 1.82. The summed E-state index contributed by atoms with van der Waals surface area (Å²) in [6.07, 6.45) is 0.881. The van der Waals surface area contributed by atoms with E-state index in [1.807, 2.05) is 14.1 Å². The Morgan fingerprint density at radius 2 is 2.25 bits per heavy atom. The Kier molecular flexibility index (Phi) is 6.02. The third kappa shape index (κ3) is 7.03. The van der Waals surface area contributed by atoms with Crippen LogP contribution in [0.5, 0.6) is 0 Å². The molecule has 0 radical (unpaired) electrons. The van der Waals surface area contributed by atoms with Crippen molar-refractivity contribution in [1.82, 2.24) is 10.2 Å². The molecule has 0 fully saturated rings. The van der Waals surface area contributed by atoms with Gasteiger partial charge in [-0.25, -0.2) is 0 Å². The molecular formula is C8H15N3O. The molecule has 0 saturated carbocycles. The van der Waals surface area contributed by atoms with E-state index in [0.29, 0.717) is 6.54 Å². The standard InChI is InChI=1S/C8H15N3O/c1-11(2)7-3-6-10-8(12)4-5-9/h3-4,6-7H2,1-2H3,(H,10,12). The molecule has 1 amide bonds. The van der Waals surface area contributed by atoms with E-state index in [9.17, 15) is 4.79 Å². The lowest BCUT2D eigenvalue weighted by Crippen LogP contribution is -2.26. The van der Waals surface area contributed by atoms with E-state index in [-0.39, 0.29) is 12.3 Å². The average Bonchev–Trinajstić information content (AvgIpc) is 1.98. The SMILES string of the molecule is CN(C)CCCNC(=O)CC#N. The van der Waals surface area contributed by atoms with Gasteiger partial charge >= 0.3 is 0 Å². The maximum absolute atomic E-state index is 10.7. The zero-order valence-electron chi connectivity index (χ0n) is 7.63. The number of carbonyl (C=O) groups excluding carboxylic acids is 1. The largest absolute Gasteiger partial charge is 0.355 e. The third-order valence-corrected chi connectivity index (χ3v) is 1.34. The number of nitriles is 1. The lowest BCUT2D eigenvalue weighted by Gasteiger charge is -2.08. The summed E-state index contributed by atoms with van der Waals surface area (Å²) in [5.41, 5.74) is 0. The molecule has 0 bridgehead atoms. The van der Waals surface area contributed by atoms with E-state index >= 15 is 0 Å². The number of hydrogen-bond donors (Lipinski definition) is 1. The molecule has 0 aromatic carbocycles. The lowest BCUT2D eigenvalue weighted by atomic mass is 10.4. The van der Waals surface area contributed by atoms with Gasteiger partial charge in [-0.15, -0.1) is 0 Å². The molecule has 0 aliphatic rings. The van der Waals surface area contributed by atoms with Crippen LogP contribution in [0.1, 0.15) is 12.8 Å². The van der Waals surface area contributed by atoms with Gasteiger partial charge in [-0.05, 0) is 27.1 Å². The van der Waals surface area contributed by atoms with Crippen LogP contribution in [0.4, 0.5) is 0 Å². The molecule has 0 atom stereocenters. The average molecular weight is 169 g/mol. The maximum Gasteiger partial charge on any atom is 0.234 e. The monoisotopic (exact) mass is 169 g/mol. The highest BCUT2D eigenvalue weighted by molar-refractivity contribution is 5.77. The van der Waals surface area contributed by atoms with Gasteiger partial charge in [0.05, 0.1) is 6.07 Å². The molecule has 12 heavy (non-hydrogen) atoms. The van der Waals surface area contributed by atoms with E-state index in [1.165, 1.54) is 0 Å². The molecule has 0 spiro atoms. The zero-order valence-corrected chi connectivity index (χ0v) is 7.63. The molecular weight excluding hydrogens is 154 g/mol. The Balaban J connectivity index is 3.21. The molecule has 0 rings (SSSR count). The van der Waals surface area contributed by atoms with Gasteiger partial charge in [-0.2, -0.15) is 5.26 Å². The van der Waals surface area contributed by atoms with Crippen molar-refractivity contribution >= 4 is 5.91 Å². The molecule has 4 heteroatoms. The molecule has 1 N–H and O–H groups in total. The first-order valence-electron chi connectivity index (χ1n) is 3.95. The number of hydrogen-bond acceptors (Lipinski definition) is 3. The summed E-state index contributed by atoms with van der Waals surface area (Å²) < 4.78 is 0. The second-order valence-electron chi connectivity index (χ2n) is 2.84. The molecule has 0 unspecified atom stereocenters. The summed E-state index contributed by atoms with van der Waals surface area (Å²) in [6.45, 7) is 1.60. The summed E-state index contributed by atoms with van der Waals surface area (Å²) >= 11 is 0. The minimum atomic E-state index is -0.184. The first-order valence-corrected chi connectivity index (χ1v) is 3.95. The smallest absolute Gasteiger partial charge is 0.234 e. The molecule has 0 saturated heterocycles. The number of rotatable bonds is 5. The Morgan fingerprint density at radius 3 is 2.75 bits per heavy atom. The van der Waals surface area contributed by atoms with Crippen molar-refractivity contribution in [2.45, 2.75) is 12.8 Å². The molecule has 0 aromatic heterocycles. The number of amides is 1. The minimum Gasteiger partial charge on any atom is -0.355 e. The summed E-state index contributed by atoms with van der Waals surface area (Å²) in [4.78, 5) is 12.8. The highest BCUT2D eigenvalue weighted by Gasteiger charge is 1.97. The van der Waals surface area contributed by atoms with Crippen LogP contribution >= 0.6 is 0 Å². The van der Waals surface area contributed by atoms with Crippen molar-refractivity contribution in [2.75, 3.05) is 27.2 Å². The van der Waals surface area contributed by atoms with Gasteiger partial charge in [0.15, 0.2) is 0 Å². The van der Waals surface area contributed by atoms with Gasteiger partial charge in [0, 0.05) is 6.54 Å². The van der Waals surface area contributed by atoms with Crippen LogP contribution in [-0.2, 0) is 4.79 Å². The van der Waals surface area contributed by atoms with Crippen molar-refractivity contribution in [3.05, 3.63) is 0 Å². The van der Waals surface area contributed by atoms with Gasteiger partial charge in [-0.3, -0.25) is 4.79 Å². The van der Waals surface area contributed by atoms with Crippen LogP contribution < -0.4 is 5.32 Å². The van der Waals surface area contributed by atoms with Gasteiger partial charge < -0.3 is 10.2 Å². The summed E-state index contributed by atoms with van der Waals surface area (Å²) in [6, 6.07) is 1.79. The molecule has 4 nitrogen and oxygen atoms in total. The second kappa shape index (κ2) is 6.62. The summed E-state index contributed by atoms with van der Waals surface area (Å²) in [7, 11) is 3.97. The minimum absolute atomic E-state index is 0.0397. The molecule has 0 aliphatic heterocycles. The Labute approximate surface area is 73.2 Å². The van der Waals surface area contributed by atoms with E-state index in [2.05, 4.69) is 10.2 Å². The molecule has 0 aromatic rings. The van der Waals surface area contributed by atoms with Crippen molar-refractivity contribution < 1.29 is 4.79 Å².